The number of allylic oxidation sites excluding steroid dienone is 3. The second kappa shape index (κ2) is 4.17. The summed E-state index contributed by atoms with van der Waals surface area (Å²) in [6.45, 7) is 8.17. The zero-order valence-electron chi connectivity index (χ0n) is 6.65. The second-order valence-corrected chi connectivity index (χ2v) is 2.32. The van der Waals surface area contributed by atoms with Crippen molar-refractivity contribution in [3.63, 3.8) is 0 Å². The average Bonchev–Trinajstić information content (AvgIpc) is 1.83. The van der Waals surface area contributed by atoms with E-state index in [0.717, 1.165) is 0 Å². The quantitative estimate of drug-likeness (QED) is 0.370. The van der Waals surface area contributed by atoms with Gasteiger partial charge in [-0.3, -0.25) is 0 Å². The first-order valence-corrected chi connectivity index (χ1v) is 3.19. The van der Waals surface area contributed by atoms with Gasteiger partial charge in [0.25, 0.3) is 0 Å². The molecule has 0 unspecified atom stereocenters. The maximum absolute atomic E-state index is 3.12. The summed E-state index contributed by atoms with van der Waals surface area (Å²) in [5.74, 6) is 0. The number of hydrogen-bond acceptors (Lipinski definition) is 0. The highest BCUT2D eigenvalue weighted by atomic mass is 13.8. The van der Waals surface area contributed by atoms with Crippen molar-refractivity contribution < 1.29 is 0 Å². The molecule has 0 atom stereocenters. The van der Waals surface area contributed by atoms with E-state index in [9.17, 15) is 0 Å². The fourth-order valence-corrected chi connectivity index (χ4v) is 0.342. The molecule has 0 heteroatoms. The lowest BCUT2D eigenvalue weighted by atomic mass is 10.2. The Morgan fingerprint density at radius 2 is 1.78 bits per heavy atom. The minimum absolute atomic E-state index is 1.22. The van der Waals surface area contributed by atoms with Crippen molar-refractivity contribution in [3.05, 3.63) is 29.0 Å². The minimum Gasteiger partial charge on any atom is -0.122 e. The van der Waals surface area contributed by atoms with Crippen LogP contribution in [0.5, 0.6) is 0 Å². The Kier molecular flexibility index (Phi) is 3.83. The normalized spacial score (nSPS) is 10.4. The summed E-state index contributed by atoms with van der Waals surface area (Å²) in [4.78, 5) is 0. The lowest BCUT2D eigenvalue weighted by molar-refractivity contribution is 1.39. The first-order valence-electron chi connectivity index (χ1n) is 3.19. The lowest BCUT2D eigenvalue weighted by Crippen LogP contribution is -1.62. The van der Waals surface area contributed by atoms with Crippen molar-refractivity contribution in [2.24, 2.45) is 0 Å². The Labute approximate surface area is 57.6 Å². The van der Waals surface area contributed by atoms with Crippen molar-refractivity contribution in [3.8, 4) is 0 Å². The number of rotatable bonds is 1. The summed E-state index contributed by atoms with van der Waals surface area (Å²) < 4.78 is 0. The molecule has 0 aromatic rings. The molecule has 0 saturated carbocycles. The Balaban J connectivity index is 4.17. The Morgan fingerprint density at radius 1 is 1.22 bits per heavy atom. The van der Waals surface area contributed by atoms with Gasteiger partial charge in [-0.05, 0) is 44.9 Å². The topological polar surface area (TPSA) is 0 Å². The van der Waals surface area contributed by atoms with Gasteiger partial charge in [-0.15, -0.1) is 5.73 Å². The molecule has 0 heterocycles. The van der Waals surface area contributed by atoms with E-state index in [1.54, 1.807) is 0 Å². The maximum Gasteiger partial charge on any atom is -0.0174 e. The molecule has 0 saturated heterocycles. The first kappa shape index (κ1) is 8.26. The fraction of sp³-hybridized carbons (Fsp3) is 0.444. The van der Waals surface area contributed by atoms with Crippen LogP contribution >= 0.6 is 0 Å². The van der Waals surface area contributed by atoms with E-state index >= 15 is 0 Å². The molecular formula is C9H14. The van der Waals surface area contributed by atoms with Crippen molar-refractivity contribution in [1.29, 1.82) is 0 Å². The van der Waals surface area contributed by atoms with E-state index in [0.29, 0.717) is 0 Å². The molecule has 0 fully saturated rings. The van der Waals surface area contributed by atoms with Gasteiger partial charge in [0.15, 0.2) is 0 Å². The van der Waals surface area contributed by atoms with Crippen LogP contribution in [0.3, 0.4) is 0 Å². The van der Waals surface area contributed by atoms with E-state index in [4.69, 9.17) is 0 Å². The molecule has 0 bridgehead atoms. The summed E-state index contributed by atoms with van der Waals surface area (Å²) >= 11 is 0. The van der Waals surface area contributed by atoms with Gasteiger partial charge in [0.2, 0.25) is 0 Å². The SMILES string of the molecule is C/C=C(\C)C=C=C(C)C. The van der Waals surface area contributed by atoms with E-state index < -0.39 is 0 Å². The van der Waals surface area contributed by atoms with Gasteiger partial charge < -0.3 is 0 Å². The molecule has 0 aromatic heterocycles. The predicted molar refractivity (Wildman–Crippen MR) is 42.4 cm³/mol. The van der Waals surface area contributed by atoms with Crippen LogP contribution in [0.25, 0.3) is 0 Å². The minimum atomic E-state index is 1.22. The molecule has 0 spiro atoms. The standard InChI is InChI=1S/C9H14/c1-5-9(4)7-6-8(2)3/h5,7H,1-4H3/b9-5+. The molecule has 0 rings (SSSR count). The zero-order chi connectivity index (χ0) is 7.28. The van der Waals surface area contributed by atoms with Gasteiger partial charge in [-0.1, -0.05) is 6.08 Å². The van der Waals surface area contributed by atoms with Crippen molar-refractivity contribution in [1.82, 2.24) is 0 Å². The third kappa shape index (κ3) is 5.13. The first-order chi connectivity index (χ1) is 4.16. The van der Waals surface area contributed by atoms with Gasteiger partial charge in [0, 0.05) is 0 Å². The summed E-state index contributed by atoms with van der Waals surface area (Å²) in [5, 5.41) is 0. The van der Waals surface area contributed by atoms with Gasteiger partial charge >= 0.3 is 0 Å². The molecular weight excluding hydrogens is 108 g/mol. The molecule has 0 aliphatic carbocycles. The van der Waals surface area contributed by atoms with Gasteiger partial charge in [0.05, 0.1) is 0 Å². The maximum atomic E-state index is 3.12. The third-order valence-electron chi connectivity index (χ3n) is 1.04. The van der Waals surface area contributed by atoms with Crippen LogP contribution < -0.4 is 0 Å². The summed E-state index contributed by atoms with van der Waals surface area (Å²) in [6.07, 6.45) is 4.06. The smallest absolute Gasteiger partial charge is 0.0174 e. The Morgan fingerprint density at radius 3 is 2.11 bits per heavy atom. The van der Waals surface area contributed by atoms with Crippen LogP contribution in [0.15, 0.2) is 29.0 Å². The molecule has 0 aliphatic rings. The van der Waals surface area contributed by atoms with Crippen LogP contribution in [-0.2, 0) is 0 Å². The fourth-order valence-electron chi connectivity index (χ4n) is 0.342. The molecule has 0 radical (unpaired) electrons. The molecule has 0 aromatic carbocycles. The lowest BCUT2D eigenvalue weighted by Gasteiger charge is -1.82. The van der Waals surface area contributed by atoms with Gasteiger partial charge in [-0.2, -0.15) is 0 Å². The van der Waals surface area contributed by atoms with Crippen LogP contribution in [0, 0.1) is 0 Å². The Bertz CT molecular complexity index is 160. The molecule has 0 nitrogen and oxygen atoms in total. The number of hydrogen-bond donors (Lipinski definition) is 0. The van der Waals surface area contributed by atoms with Crippen LogP contribution in [-0.4, -0.2) is 0 Å². The van der Waals surface area contributed by atoms with Gasteiger partial charge in [0.1, 0.15) is 0 Å². The summed E-state index contributed by atoms with van der Waals surface area (Å²) in [6, 6.07) is 0. The van der Waals surface area contributed by atoms with E-state index in [1.165, 1.54) is 11.1 Å². The summed E-state index contributed by atoms with van der Waals surface area (Å²) in [5.41, 5.74) is 5.60. The molecule has 9 heavy (non-hydrogen) atoms. The monoisotopic (exact) mass is 122 g/mol. The Hall–Kier alpha value is -0.740. The highest BCUT2D eigenvalue weighted by Crippen LogP contribution is 1.93. The van der Waals surface area contributed by atoms with E-state index in [2.05, 4.69) is 18.7 Å². The third-order valence-corrected chi connectivity index (χ3v) is 1.04. The molecule has 0 aliphatic heterocycles. The molecule has 50 valence electrons. The molecule has 0 N–H and O–H groups in total. The van der Waals surface area contributed by atoms with Crippen LogP contribution in [0.2, 0.25) is 0 Å². The van der Waals surface area contributed by atoms with Crippen LogP contribution in [0.1, 0.15) is 27.7 Å². The highest BCUT2D eigenvalue weighted by Gasteiger charge is 1.73. The molecule has 0 amide bonds. The second-order valence-electron chi connectivity index (χ2n) is 2.32. The average molecular weight is 122 g/mol. The van der Waals surface area contributed by atoms with Crippen molar-refractivity contribution in [2.75, 3.05) is 0 Å². The van der Waals surface area contributed by atoms with Crippen molar-refractivity contribution >= 4 is 0 Å². The zero-order valence-corrected chi connectivity index (χ0v) is 6.65. The van der Waals surface area contributed by atoms with E-state index in [-0.39, 0.29) is 0 Å². The summed E-state index contributed by atoms with van der Waals surface area (Å²) in [7, 11) is 0. The highest BCUT2D eigenvalue weighted by molar-refractivity contribution is 5.15. The van der Waals surface area contributed by atoms with Crippen LogP contribution in [0.4, 0.5) is 0 Å². The van der Waals surface area contributed by atoms with Gasteiger partial charge in [-0.25, -0.2) is 0 Å². The largest absolute Gasteiger partial charge is 0.122 e. The van der Waals surface area contributed by atoms with E-state index in [1.807, 2.05) is 26.8 Å². The van der Waals surface area contributed by atoms with Crippen molar-refractivity contribution in [2.45, 2.75) is 27.7 Å². The predicted octanol–water partition coefficient (Wildman–Crippen LogP) is 3.07.